The van der Waals surface area contributed by atoms with Crippen LogP contribution in [0.1, 0.15) is 0 Å². The van der Waals surface area contributed by atoms with Crippen LogP contribution in [0.4, 0.5) is 11.4 Å². The highest BCUT2D eigenvalue weighted by Crippen LogP contribution is 2.33. The molecule has 220 valence electrons. The molecule has 0 radical (unpaired) electrons. The molecule has 1 aromatic heterocycles. The first-order chi connectivity index (χ1) is 23.2. The quantitative estimate of drug-likeness (QED) is 0.107. The average molecular weight is 618 g/mol. The SMILES string of the molecule is [C-]#[N+]c1ccccc1-c1nc(-c2cccc([Si](c3ccccc3)(c3ccccc3)c3ccccc3)c2)nc(-c2ccccc2[N+]#[C-])n1. The van der Waals surface area contributed by atoms with E-state index in [1.54, 1.807) is 12.1 Å². The minimum atomic E-state index is -2.80. The van der Waals surface area contributed by atoms with Crippen LogP contribution in [0, 0.1) is 13.1 Å². The van der Waals surface area contributed by atoms with Crippen LogP contribution in [0.25, 0.3) is 43.9 Å². The number of aromatic nitrogens is 3. The summed E-state index contributed by atoms with van der Waals surface area (Å²) in [5, 5.41) is 4.99. The summed E-state index contributed by atoms with van der Waals surface area (Å²) in [6.45, 7) is 15.6. The van der Waals surface area contributed by atoms with Crippen LogP contribution in [0.15, 0.2) is 164 Å². The van der Waals surface area contributed by atoms with Gasteiger partial charge in [-0.15, -0.1) is 0 Å². The van der Waals surface area contributed by atoms with E-state index in [1.807, 2.05) is 42.5 Å². The largest absolute Gasteiger partial charge is 0.237 e. The van der Waals surface area contributed by atoms with Crippen LogP contribution in [-0.2, 0) is 0 Å². The summed E-state index contributed by atoms with van der Waals surface area (Å²) in [6, 6.07) is 55.4. The molecule has 0 bridgehead atoms. The van der Waals surface area contributed by atoms with Crippen LogP contribution >= 0.6 is 0 Å². The lowest BCUT2D eigenvalue weighted by atomic mass is 10.1. The molecule has 0 unspecified atom stereocenters. The maximum Gasteiger partial charge on any atom is 0.198 e. The van der Waals surface area contributed by atoms with Gasteiger partial charge in [0.1, 0.15) is 0 Å². The zero-order chi connectivity index (χ0) is 32.1. The van der Waals surface area contributed by atoms with Crippen LogP contribution in [0.5, 0.6) is 0 Å². The Morgan fingerprint density at radius 3 is 1.21 bits per heavy atom. The van der Waals surface area contributed by atoms with E-state index >= 15 is 0 Å². The van der Waals surface area contributed by atoms with Crippen LogP contribution in [0.3, 0.4) is 0 Å². The fraction of sp³-hybridized carbons (Fsp3) is 0. The zero-order valence-electron chi connectivity index (χ0n) is 25.3. The van der Waals surface area contributed by atoms with Gasteiger partial charge in [0.25, 0.3) is 0 Å². The second kappa shape index (κ2) is 12.9. The molecule has 0 saturated carbocycles. The molecule has 5 nitrogen and oxygen atoms in total. The first-order valence-corrected chi connectivity index (χ1v) is 17.2. The minimum Gasteiger partial charge on any atom is -0.237 e. The van der Waals surface area contributed by atoms with E-state index < -0.39 is 8.07 Å². The van der Waals surface area contributed by atoms with Gasteiger partial charge in [0.2, 0.25) is 0 Å². The molecule has 0 fully saturated rings. The molecule has 6 aromatic carbocycles. The van der Waals surface area contributed by atoms with Crippen molar-refractivity contribution in [3.05, 3.63) is 187 Å². The lowest BCUT2D eigenvalue weighted by Crippen LogP contribution is -2.74. The Bertz CT molecular complexity index is 2100. The Kier molecular flexibility index (Phi) is 8.01. The van der Waals surface area contributed by atoms with Gasteiger partial charge in [-0.25, -0.2) is 24.6 Å². The number of hydrogen-bond acceptors (Lipinski definition) is 3. The van der Waals surface area contributed by atoms with E-state index in [0.29, 0.717) is 40.0 Å². The monoisotopic (exact) mass is 617 g/mol. The first kappa shape index (κ1) is 29.2. The van der Waals surface area contributed by atoms with Gasteiger partial charge < -0.3 is 0 Å². The molecule has 0 amide bonds. The Hall–Kier alpha value is -6.47. The summed E-state index contributed by atoms with van der Waals surface area (Å²) in [6.07, 6.45) is 0. The molecular formula is C41H27N5Si. The average Bonchev–Trinajstić information content (AvgIpc) is 3.16. The Balaban J connectivity index is 1.51. The van der Waals surface area contributed by atoms with Gasteiger partial charge in [-0.3, -0.25) is 0 Å². The number of nitrogens with zero attached hydrogens (tertiary/aromatic N) is 5. The predicted molar refractivity (Wildman–Crippen MR) is 192 cm³/mol. The van der Waals surface area contributed by atoms with Crippen LogP contribution < -0.4 is 20.7 Å². The van der Waals surface area contributed by atoms with Crippen molar-refractivity contribution in [2.24, 2.45) is 0 Å². The van der Waals surface area contributed by atoms with Crippen molar-refractivity contribution in [1.29, 1.82) is 0 Å². The molecule has 0 spiro atoms. The number of para-hydroxylation sites is 2. The summed E-state index contributed by atoms with van der Waals surface area (Å²) < 4.78 is 0. The lowest BCUT2D eigenvalue weighted by Gasteiger charge is -2.34. The standard InChI is InChI=1S/C41H27N5Si/c1-42-37-27-14-12-25-35(37)40-44-39(45-41(46-40)36-26-13-15-28-38(36)43-2)30-17-16-24-34(29-30)47(31-18-6-3-7-19-31,32-20-8-4-9-21-32)33-22-10-5-11-23-33/h3-29H. The second-order valence-electron chi connectivity index (χ2n) is 11.0. The van der Waals surface area contributed by atoms with Crippen LogP contribution in [-0.4, -0.2) is 23.0 Å². The molecule has 0 aliphatic rings. The normalized spacial score (nSPS) is 10.9. The molecule has 0 saturated heterocycles. The van der Waals surface area contributed by atoms with Crippen molar-refractivity contribution in [3.63, 3.8) is 0 Å². The smallest absolute Gasteiger partial charge is 0.198 e. The second-order valence-corrected chi connectivity index (χ2v) is 14.8. The van der Waals surface area contributed by atoms with Gasteiger partial charge >= 0.3 is 0 Å². The summed E-state index contributed by atoms with van der Waals surface area (Å²) in [7, 11) is -2.80. The molecule has 7 rings (SSSR count). The highest BCUT2D eigenvalue weighted by Gasteiger charge is 2.41. The van der Waals surface area contributed by atoms with E-state index in [9.17, 15) is 0 Å². The fourth-order valence-corrected chi connectivity index (χ4v) is 11.0. The first-order valence-electron chi connectivity index (χ1n) is 15.2. The topological polar surface area (TPSA) is 47.4 Å². The molecule has 0 aliphatic heterocycles. The van der Waals surface area contributed by atoms with Crippen LogP contribution in [0.2, 0.25) is 0 Å². The van der Waals surface area contributed by atoms with Gasteiger partial charge in [-0.2, -0.15) is 0 Å². The van der Waals surface area contributed by atoms with Crippen molar-refractivity contribution in [2.45, 2.75) is 0 Å². The zero-order valence-corrected chi connectivity index (χ0v) is 26.3. The van der Waals surface area contributed by atoms with Gasteiger partial charge in [0, 0.05) is 16.7 Å². The number of rotatable bonds is 7. The minimum absolute atomic E-state index is 0.388. The Labute approximate surface area is 275 Å². The molecule has 6 heteroatoms. The number of hydrogen-bond donors (Lipinski definition) is 0. The maximum absolute atomic E-state index is 7.79. The number of benzene rings is 6. The maximum atomic E-state index is 7.79. The molecule has 0 atom stereocenters. The molecule has 0 N–H and O–H groups in total. The van der Waals surface area contributed by atoms with E-state index in [4.69, 9.17) is 28.1 Å². The van der Waals surface area contributed by atoms with Gasteiger partial charge in [-0.1, -0.05) is 164 Å². The van der Waals surface area contributed by atoms with Gasteiger partial charge in [-0.05, 0) is 20.7 Å². The van der Waals surface area contributed by atoms with Crippen molar-refractivity contribution in [2.75, 3.05) is 0 Å². The highest BCUT2D eigenvalue weighted by atomic mass is 28.3. The van der Waals surface area contributed by atoms with E-state index in [2.05, 4.69) is 119 Å². The summed E-state index contributed by atoms with van der Waals surface area (Å²) >= 11 is 0. The highest BCUT2D eigenvalue weighted by molar-refractivity contribution is 7.19. The van der Waals surface area contributed by atoms with E-state index in [-0.39, 0.29) is 0 Å². The van der Waals surface area contributed by atoms with Crippen molar-refractivity contribution in [3.8, 4) is 34.2 Å². The van der Waals surface area contributed by atoms with Crippen molar-refractivity contribution >= 4 is 40.2 Å². The molecule has 7 aromatic rings. The third-order valence-corrected chi connectivity index (χ3v) is 13.1. The Morgan fingerprint density at radius 2 is 0.766 bits per heavy atom. The summed E-state index contributed by atoms with van der Waals surface area (Å²) in [4.78, 5) is 22.3. The molecular weight excluding hydrogens is 591 g/mol. The Morgan fingerprint density at radius 1 is 0.383 bits per heavy atom. The predicted octanol–water partition coefficient (Wildman–Crippen LogP) is 7.35. The molecule has 1 heterocycles. The van der Waals surface area contributed by atoms with Gasteiger partial charge in [0.05, 0.1) is 13.1 Å². The lowest BCUT2D eigenvalue weighted by molar-refractivity contribution is 1.08. The summed E-state index contributed by atoms with van der Waals surface area (Å²) in [5.74, 6) is 1.25. The summed E-state index contributed by atoms with van der Waals surface area (Å²) in [5.41, 5.74) is 2.96. The third kappa shape index (κ3) is 5.40. The van der Waals surface area contributed by atoms with Gasteiger partial charge in [0.15, 0.2) is 36.9 Å². The fourth-order valence-electron chi connectivity index (χ4n) is 6.22. The van der Waals surface area contributed by atoms with E-state index in [1.165, 1.54) is 20.7 Å². The van der Waals surface area contributed by atoms with Crippen molar-refractivity contribution < 1.29 is 0 Å². The third-order valence-electron chi connectivity index (χ3n) is 8.34. The molecule has 47 heavy (non-hydrogen) atoms. The molecule has 0 aliphatic carbocycles. The van der Waals surface area contributed by atoms with Crippen molar-refractivity contribution in [1.82, 2.24) is 15.0 Å². The van der Waals surface area contributed by atoms with E-state index in [0.717, 1.165) is 5.56 Å².